The molecule has 0 spiro atoms. The molecule has 0 aliphatic heterocycles. The van der Waals surface area contributed by atoms with Crippen molar-refractivity contribution in [2.45, 2.75) is 23.6 Å². The molecule has 0 atom stereocenters. The first-order valence-electron chi connectivity index (χ1n) is 21.0. The normalized spacial score (nSPS) is 11.5. The molecule has 18 nitrogen and oxygen atoms in total. The van der Waals surface area contributed by atoms with Crippen LogP contribution in [0.3, 0.4) is 0 Å². The Labute approximate surface area is 468 Å². The molecule has 2 amide bonds. The smallest absolute Gasteiger partial charge is 0.296 e. The van der Waals surface area contributed by atoms with Crippen LogP contribution in [-0.4, -0.2) is 111 Å². The number of nitrogens with one attached hydrogen (secondary N) is 2. The number of anilines is 2. The number of aryl methyl sites for hydroxylation is 2. The van der Waals surface area contributed by atoms with Gasteiger partial charge in [-0.15, -0.1) is 20.5 Å². The van der Waals surface area contributed by atoms with Gasteiger partial charge in [0, 0.05) is 69.7 Å². The molecule has 8 aromatic carbocycles. The maximum Gasteiger partial charge on any atom is 0.296 e. The molecule has 8 aromatic rings. The molecule has 73 heavy (non-hydrogen) atoms. The molecule has 0 saturated heterocycles. The molecule has 0 aliphatic carbocycles. The Bertz CT molecular complexity index is 3530. The molecule has 6 N–H and O–H groups in total. The van der Waals surface area contributed by atoms with Crippen molar-refractivity contribution in [3.8, 4) is 23.0 Å². The van der Waals surface area contributed by atoms with Crippen LogP contribution in [0.5, 0.6) is 23.0 Å². The van der Waals surface area contributed by atoms with Crippen LogP contribution in [0.4, 0.5) is 34.1 Å². The second-order valence-electron chi connectivity index (χ2n) is 15.5. The minimum absolute atomic E-state index is 0. The van der Waals surface area contributed by atoms with Gasteiger partial charge in [-0.05, 0) is 96.4 Å². The van der Waals surface area contributed by atoms with E-state index >= 15 is 0 Å². The van der Waals surface area contributed by atoms with Gasteiger partial charge in [-0.1, -0.05) is 96.0 Å². The fourth-order valence-electron chi connectivity index (χ4n) is 7.13. The third-order valence-corrected chi connectivity index (χ3v) is 13.3. The summed E-state index contributed by atoms with van der Waals surface area (Å²) in [4.78, 5) is 25.2. The van der Waals surface area contributed by atoms with E-state index in [0.29, 0.717) is 55.5 Å². The van der Waals surface area contributed by atoms with Crippen LogP contribution in [0.15, 0.2) is 164 Å². The molecule has 2 radical (unpaired) electrons. The SMILES string of the molecule is COc1ccccc1NC(=O)c1cc2ccccc2c(N=Nc2cc(Cl)c(C)cc2S(=O)(=O)O)c1O.COc1ccccc1NC(=O)c1cc2ccccc2c(N=Nc2cc(Cl)c(C)cc2S(=O)(=O)O)c1O.[Ba]. The van der Waals surface area contributed by atoms with E-state index in [9.17, 15) is 45.7 Å². The van der Waals surface area contributed by atoms with Crippen LogP contribution in [0.2, 0.25) is 10.0 Å². The maximum absolute atomic E-state index is 13.1. The van der Waals surface area contributed by atoms with Gasteiger partial charge in [-0.25, -0.2) is 0 Å². The van der Waals surface area contributed by atoms with Crippen molar-refractivity contribution in [1.82, 2.24) is 0 Å². The van der Waals surface area contributed by atoms with E-state index in [2.05, 4.69) is 31.1 Å². The van der Waals surface area contributed by atoms with Gasteiger partial charge in [0.2, 0.25) is 0 Å². The van der Waals surface area contributed by atoms with E-state index in [1.165, 1.54) is 50.6 Å². The van der Waals surface area contributed by atoms with Crippen molar-refractivity contribution >= 4 is 160 Å². The number of halogens is 2. The van der Waals surface area contributed by atoms with Crippen LogP contribution in [0.1, 0.15) is 31.8 Å². The molecule has 0 aliphatic rings. The Morgan fingerprint density at radius 1 is 0.521 bits per heavy atom. The van der Waals surface area contributed by atoms with Gasteiger partial charge in [0.25, 0.3) is 32.1 Å². The van der Waals surface area contributed by atoms with Gasteiger partial charge in [0.1, 0.15) is 44.0 Å². The molecule has 0 saturated carbocycles. The molecule has 0 bridgehead atoms. The number of amides is 2. The second-order valence-corrected chi connectivity index (χ2v) is 19.1. The van der Waals surface area contributed by atoms with Crippen molar-refractivity contribution in [1.29, 1.82) is 0 Å². The average Bonchev–Trinajstić information content (AvgIpc) is 3.34. The number of azo groups is 2. The molecular weight excluding hydrogens is 1150 g/mol. The van der Waals surface area contributed by atoms with Crippen LogP contribution in [-0.2, 0) is 20.2 Å². The third-order valence-electron chi connectivity index (χ3n) is 10.7. The number of benzene rings is 8. The van der Waals surface area contributed by atoms with Crippen LogP contribution in [0.25, 0.3) is 21.5 Å². The summed E-state index contributed by atoms with van der Waals surface area (Å²) in [6, 6.07) is 35.1. The van der Waals surface area contributed by atoms with Gasteiger partial charge in [0.15, 0.2) is 11.5 Å². The second kappa shape index (κ2) is 23.6. The molecular formula is C50H40BaCl2N6O12S2. The summed E-state index contributed by atoms with van der Waals surface area (Å²) in [6.45, 7) is 3.14. The molecule has 23 heteroatoms. The van der Waals surface area contributed by atoms with E-state index in [4.69, 9.17) is 32.7 Å². The quantitative estimate of drug-likeness (QED) is 0.0379. The number of phenolic OH excluding ortho intramolecular Hbond substituents is 2. The summed E-state index contributed by atoms with van der Waals surface area (Å²) in [5.41, 5.74) is 0.809. The largest absolute Gasteiger partial charge is 0.505 e. The zero-order valence-electron chi connectivity index (χ0n) is 38.8. The Balaban J connectivity index is 0.000000235. The number of ether oxygens (including phenoxy) is 2. The van der Waals surface area contributed by atoms with E-state index in [0.717, 1.165) is 0 Å². The number of hydrogen-bond donors (Lipinski definition) is 6. The summed E-state index contributed by atoms with van der Waals surface area (Å²) in [7, 11) is -6.35. The molecule has 0 aromatic heterocycles. The topological polar surface area (TPSA) is 275 Å². The summed E-state index contributed by atoms with van der Waals surface area (Å²) in [5, 5.41) is 46.0. The van der Waals surface area contributed by atoms with E-state index in [1.807, 2.05) is 0 Å². The van der Waals surface area contributed by atoms with Crippen molar-refractivity contribution < 1.29 is 55.2 Å². The first-order valence-corrected chi connectivity index (χ1v) is 24.6. The minimum atomic E-state index is -4.64. The Kier molecular flexibility index (Phi) is 18.1. The van der Waals surface area contributed by atoms with E-state index < -0.39 is 53.3 Å². The number of aromatic hydroxyl groups is 2. The Morgan fingerprint density at radius 2 is 0.863 bits per heavy atom. The van der Waals surface area contributed by atoms with Crippen molar-refractivity contribution in [2.24, 2.45) is 20.5 Å². The number of methoxy groups -OCH3 is 2. The van der Waals surface area contributed by atoms with E-state index in [-0.39, 0.29) is 92.8 Å². The molecule has 370 valence electrons. The predicted octanol–water partition coefficient (Wildman–Crippen LogP) is 12.5. The fourth-order valence-corrected chi connectivity index (χ4v) is 8.82. The molecule has 0 fully saturated rings. The van der Waals surface area contributed by atoms with Crippen molar-refractivity contribution in [3.63, 3.8) is 0 Å². The van der Waals surface area contributed by atoms with Gasteiger partial charge in [0.05, 0.1) is 36.7 Å². The zero-order chi connectivity index (χ0) is 52.1. The first kappa shape index (κ1) is 55.9. The number of carbonyl (C=O) groups is 2. The van der Waals surface area contributed by atoms with Gasteiger partial charge < -0.3 is 30.3 Å². The number of fused-ring (bicyclic) bond motifs is 2. The molecule has 0 unspecified atom stereocenters. The molecule has 0 heterocycles. The average molecular weight is 1190 g/mol. The van der Waals surface area contributed by atoms with Crippen molar-refractivity contribution in [3.05, 3.63) is 166 Å². The number of phenols is 2. The number of para-hydroxylation sites is 4. The van der Waals surface area contributed by atoms with Gasteiger partial charge in [-0.2, -0.15) is 16.8 Å². The summed E-state index contributed by atoms with van der Waals surface area (Å²) >= 11 is 12.2. The van der Waals surface area contributed by atoms with E-state index in [1.54, 1.807) is 111 Å². The van der Waals surface area contributed by atoms with Crippen LogP contribution >= 0.6 is 23.2 Å². The fraction of sp³-hybridized carbons (Fsp3) is 0.0800. The summed E-state index contributed by atoms with van der Waals surface area (Å²) < 4.78 is 77.3. The number of rotatable bonds is 12. The third kappa shape index (κ3) is 12.9. The minimum Gasteiger partial charge on any atom is -0.505 e. The number of hydrogen-bond acceptors (Lipinski definition) is 14. The Hall–Kier alpha value is -6.41. The van der Waals surface area contributed by atoms with Crippen LogP contribution in [0, 0.1) is 13.8 Å². The standard InChI is InChI=1S/2C25H20ClN3O6S.Ba/c2*1-14-11-22(36(32,33)34)20(13-18(14)26)28-29-23-16-8-4-3-7-15(16)12-17(24(23)30)25(31)27-19-9-5-6-10-21(19)35-2;/h2*3-13,30H,1-2H3,(H,27,31)(H,32,33,34);. The monoisotopic (exact) mass is 1190 g/mol. The summed E-state index contributed by atoms with van der Waals surface area (Å²) in [5.74, 6) is -1.35. The Morgan fingerprint density at radius 3 is 1.22 bits per heavy atom. The summed E-state index contributed by atoms with van der Waals surface area (Å²) in [6.07, 6.45) is 0. The van der Waals surface area contributed by atoms with Gasteiger partial charge >= 0.3 is 0 Å². The number of carbonyl (C=O) groups excluding carboxylic acids is 2. The van der Waals surface area contributed by atoms with Crippen molar-refractivity contribution in [2.75, 3.05) is 24.9 Å². The zero-order valence-corrected chi connectivity index (χ0v) is 46.4. The van der Waals surface area contributed by atoms with Crippen LogP contribution < -0.4 is 20.1 Å². The predicted molar refractivity (Wildman–Crippen MR) is 279 cm³/mol. The first-order chi connectivity index (χ1) is 34.2. The maximum atomic E-state index is 13.1. The number of nitrogens with zero attached hydrogens (tertiary/aromatic N) is 4. The molecule has 8 rings (SSSR count). The van der Waals surface area contributed by atoms with Gasteiger partial charge in [-0.3, -0.25) is 18.7 Å².